The summed E-state index contributed by atoms with van der Waals surface area (Å²) in [7, 11) is 2.31. The van der Waals surface area contributed by atoms with Crippen molar-refractivity contribution in [2.45, 2.75) is 19.8 Å². The fourth-order valence-electron chi connectivity index (χ4n) is 1.29. The highest BCUT2D eigenvalue weighted by Gasteiger charge is 2.40. The summed E-state index contributed by atoms with van der Waals surface area (Å²) < 4.78 is 8.97. The summed E-state index contributed by atoms with van der Waals surface area (Å²) in [5.74, 6) is 0.371. The number of hydrogen-bond acceptors (Lipinski definition) is 6. The van der Waals surface area contributed by atoms with Gasteiger partial charge in [-0.15, -0.1) is 0 Å². The van der Waals surface area contributed by atoms with Gasteiger partial charge in [0.15, 0.2) is 5.41 Å². The number of ether oxygens (including phenoxy) is 2. The molecule has 0 spiro atoms. The lowest BCUT2D eigenvalue weighted by molar-refractivity contribution is -0.149. The lowest BCUT2D eigenvalue weighted by atomic mass is 9.80. The Morgan fingerprint density at radius 1 is 1.35 bits per heavy atom. The third kappa shape index (κ3) is 3.16. The standard InChI is InChI=1S/C11H14N2O4/c1-4-11(7-13,10(15)17-3)5-8(6-12)9(14)16-2/h12H,4-5H2,1-3H3. The van der Waals surface area contributed by atoms with E-state index in [4.69, 9.17) is 10.7 Å². The number of rotatable bonds is 5. The average Bonchev–Trinajstić information content (AvgIpc) is 2.39. The van der Waals surface area contributed by atoms with Crippen LogP contribution >= 0.6 is 0 Å². The fourth-order valence-corrected chi connectivity index (χ4v) is 1.29. The Balaban J connectivity index is 5.28. The van der Waals surface area contributed by atoms with Gasteiger partial charge in [-0.05, 0) is 12.3 Å². The summed E-state index contributed by atoms with van der Waals surface area (Å²) in [5.41, 5.74) is -1.65. The molecule has 6 nitrogen and oxygen atoms in total. The first kappa shape index (κ1) is 14.9. The summed E-state index contributed by atoms with van der Waals surface area (Å²) in [6.07, 6.45) is -0.0821. The number of nitriles is 1. The van der Waals surface area contributed by atoms with Crippen LogP contribution in [0.1, 0.15) is 19.8 Å². The van der Waals surface area contributed by atoms with Crippen molar-refractivity contribution in [3.05, 3.63) is 5.57 Å². The smallest absolute Gasteiger partial charge is 0.343 e. The number of nitrogens with one attached hydrogen (secondary N) is 1. The Morgan fingerprint density at radius 2 is 1.94 bits per heavy atom. The van der Waals surface area contributed by atoms with Gasteiger partial charge in [0.25, 0.3) is 0 Å². The maximum Gasteiger partial charge on any atom is 0.343 e. The molecule has 92 valence electrons. The largest absolute Gasteiger partial charge is 0.468 e. The number of carbonyl (C=O) groups is 2. The maximum atomic E-state index is 11.6. The van der Waals surface area contributed by atoms with Gasteiger partial charge in [-0.2, -0.15) is 5.26 Å². The van der Waals surface area contributed by atoms with Crippen LogP contribution in [0.3, 0.4) is 0 Å². The van der Waals surface area contributed by atoms with Crippen molar-refractivity contribution in [2.75, 3.05) is 14.2 Å². The van der Waals surface area contributed by atoms with Crippen molar-refractivity contribution in [1.82, 2.24) is 0 Å². The zero-order valence-corrected chi connectivity index (χ0v) is 9.99. The summed E-state index contributed by atoms with van der Waals surface area (Å²) in [6, 6.07) is 1.83. The van der Waals surface area contributed by atoms with E-state index in [0.29, 0.717) is 0 Å². The van der Waals surface area contributed by atoms with Crippen molar-refractivity contribution < 1.29 is 19.1 Å². The number of hydrogen-bond donors (Lipinski definition) is 1. The van der Waals surface area contributed by atoms with Crippen LogP contribution in [0, 0.1) is 22.2 Å². The number of carbonyl (C=O) groups excluding carboxylic acids is 2. The van der Waals surface area contributed by atoms with E-state index in [0.717, 1.165) is 14.2 Å². The van der Waals surface area contributed by atoms with E-state index in [2.05, 4.69) is 9.47 Å². The highest BCUT2D eigenvalue weighted by molar-refractivity contribution is 5.98. The minimum Gasteiger partial charge on any atom is -0.468 e. The Labute approximate surface area is 99.3 Å². The molecule has 0 heterocycles. The maximum absolute atomic E-state index is 11.6. The predicted octanol–water partition coefficient (Wildman–Crippen LogP) is 0.817. The Hall–Kier alpha value is -2.12. The van der Waals surface area contributed by atoms with Crippen LogP contribution < -0.4 is 0 Å². The highest BCUT2D eigenvalue weighted by Crippen LogP contribution is 2.30. The van der Waals surface area contributed by atoms with Crippen LogP contribution in [-0.2, 0) is 19.1 Å². The van der Waals surface area contributed by atoms with Crippen molar-refractivity contribution in [3.8, 4) is 6.07 Å². The van der Waals surface area contributed by atoms with Crippen molar-refractivity contribution in [3.63, 3.8) is 0 Å². The van der Waals surface area contributed by atoms with Crippen molar-refractivity contribution in [2.24, 2.45) is 5.41 Å². The van der Waals surface area contributed by atoms with Crippen molar-refractivity contribution in [1.29, 1.82) is 10.7 Å². The van der Waals surface area contributed by atoms with Crippen LogP contribution in [0.4, 0.5) is 0 Å². The van der Waals surface area contributed by atoms with E-state index in [1.54, 1.807) is 6.92 Å². The van der Waals surface area contributed by atoms with Crippen LogP contribution in [0.25, 0.3) is 0 Å². The molecular formula is C11H14N2O4. The SMILES string of the molecule is CCC(C#N)(CC(=C=N)C(=O)OC)C(=O)OC. The van der Waals surface area contributed by atoms with E-state index in [1.807, 2.05) is 11.9 Å². The Bertz CT molecular complexity index is 404. The van der Waals surface area contributed by atoms with Gasteiger partial charge in [-0.3, -0.25) is 10.2 Å². The first-order valence-electron chi connectivity index (χ1n) is 4.87. The van der Waals surface area contributed by atoms with Gasteiger partial charge in [0.2, 0.25) is 0 Å². The van der Waals surface area contributed by atoms with E-state index in [9.17, 15) is 9.59 Å². The Kier molecular flexibility index (Phi) is 5.65. The molecule has 0 bridgehead atoms. The van der Waals surface area contributed by atoms with Gasteiger partial charge in [0.1, 0.15) is 0 Å². The molecule has 17 heavy (non-hydrogen) atoms. The summed E-state index contributed by atoms with van der Waals surface area (Å²) in [5, 5.41) is 16.0. The summed E-state index contributed by atoms with van der Waals surface area (Å²) >= 11 is 0. The molecule has 0 aliphatic rings. The lowest BCUT2D eigenvalue weighted by Crippen LogP contribution is -2.32. The second kappa shape index (κ2) is 6.46. The highest BCUT2D eigenvalue weighted by atomic mass is 16.5. The molecule has 0 aliphatic heterocycles. The van der Waals surface area contributed by atoms with E-state index in [-0.39, 0.29) is 18.4 Å². The Morgan fingerprint density at radius 3 is 2.24 bits per heavy atom. The molecule has 0 aromatic carbocycles. The molecule has 0 amide bonds. The van der Waals surface area contributed by atoms with Crippen LogP contribution in [-0.4, -0.2) is 32.0 Å². The molecule has 1 unspecified atom stereocenters. The van der Waals surface area contributed by atoms with Crippen LogP contribution in [0.2, 0.25) is 0 Å². The van der Waals surface area contributed by atoms with Crippen LogP contribution in [0.5, 0.6) is 0 Å². The second-order valence-corrected chi connectivity index (χ2v) is 3.31. The quantitative estimate of drug-likeness (QED) is 0.434. The molecule has 0 saturated heterocycles. The molecule has 0 radical (unpaired) electrons. The van der Waals surface area contributed by atoms with E-state index < -0.39 is 17.4 Å². The molecule has 1 N–H and O–H groups in total. The molecule has 0 aromatic heterocycles. The van der Waals surface area contributed by atoms with Gasteiger partial charge in [-0.25, -0.2) is 4.79 Å². The molecule has 6 heteroatoms. The minimum atomic E-state index is -1.48. The number of methoxy groups -OCH3 is 2. The third-order valence-corrected chi connectivity index (χ3v) is 2.45. The first-order chi connectivity index (χ1) is 8.01. The van der Waals surface area contributed by atoms with E-state index >= 15 is 0 Å². The average molecular weight is 238 g/mol. The molecule has 0 fully saturated rings. The number of esters is 2. The molecular weight excluding hydrogens is 224 g/mol. The molecule has 0 aromatic rings. The zero-order valence-electron chi connectivity index (χ0n) is 9.99. The van der Waals surface area contributed by atoms with Gasteiger partial charge < -0.3 is 9.47 Å². The minimum absolute atomic E-state index is 0.165. The zero-order chi connectivity index (χ0) is 13.5. The van der Waals surface area contributed by atoms with Crippen molar-refractivity contribution >= 4 is 17.8 Å². The van der Waals surface area contributed by atoms with Gasteiger partial charge in [0, 0.05) is 6.42 Å². The summed E-state index contributed by atoms with van der Waals surface area (Å²) in [6.45, 7) is 1.62. The normalized spacial score (nSPS) is 12.6. The topological polar surface area (TPSA) is 100 Å². The predicted molar refractivity (Wildman–Crippen MR) is 58.2 cm³/mol. The molecule has 0 saturated carbocycles. The monoisotopic (exact) mass is 238 g/mol. The lowest BCUT2D eigenvalue weighted by Gasteiger charge is -2.21. The van der Waals surface area contributed by atoms with E-state index in [1.165, 1.54) is 0 Å². The van der Waals surface area contributed by atoms with Gasteiger partial charge in [-0.1, -0.05) is 6.92 Å². The van der Waals surface area contributed by atoms with Crippen LogP contribution in [0.15, 0.2) is 5.57 Å². The number of nitrogens with zero attached hydrogens (tertiary/aromatic N) is 1. The fraction of sp³-hybridized carbons (Fsp3) is 0.545. The molecule has 0 aliphatic carbocycles. The first-order valence-corrected chi connectivity index (χ1v) is 4.87. The molecule has 0 rings (SSSR count). The molecule has 1 atom stereocenters. The third-order valence-electron chi connectivity index (χ3n) is 2.45. The van der Waals surface area contributed by atoms with Gasteiger partial charge >= 0.3 is 11.9 Å². The second-order valence-electron chi connectivity index (χ2n) is 3.31. The summed E-state index contributed by atoms with van der Waals surface area (Å²) in [4.78, 5) is 22.8. The van der Waals surface area contributed by atoms with Gasteiger partial charge in [0.05, 0.1) is 25.9 Å².